The maximum Gasteiger partial charge on any atom is 0.169 e. The van der Waals surface area contributed by atoms with Gasteiger partial charge >= 0.3 is 0 Å². The maximum atomic E-state index is 12.7. The molecule has 8 heteroatoms. The number of rotatable bonds is 11. The molecule has 0 aliphatic carbocycles. The Morgan fingerprint density at radius 1 is 0.938 bits per heavy atom. The average molecular weight is 435 g/mol. The van der Waals surface area contributed by atoms with Gasteiger partial charge in [-0.2, -0.15) is 0 Å². The van der Waals surface area contributed by atoms with E-state index in [1.807, 2.05) is 12.1 Å². The van der Waals surface area contributed by atoms with Gasteiger partial charge in [-0.3, -0.25) is 9.59 Å². The molecule has 0 unspecified atom stereocenters. The lowest BCUT2D eigenvalue weighted by Gasteiger charge is -2.17. The van der Waals surface area contributed by atoms with Gasteiger partial charge in [-0.1, -0.05) is 35.5 Å². The van der Waals surface area contributed by atoms with Gasteiger partial charge in [0.05, 0.1) is 19.6 Å². The molecule has 8 nitrogen and oxygen atoms in total. The fourth-order valence-corrected chi connectivity index (χ4v) is 2.63. The standard InChI is InChI=1S/C24H25N3O5/c1-24(2,22(28)13-8-17-5-10-19(30-3)11-6-17)23(29)14-9-18-7-12-20(31-4)21(15-18)32-16-26-27-25/h5-15H,16H2,1-4H3/b13-8+,14-9+. The van der Waals surface area contributed by atoms with Gasteiger partial charge in [-0.15, -0.1) is 0 Å². The molecule has 0 radical (unpaired) electrons. The molecule has 0 amide bonds. The van der Waals surface area contributed by atoms with E-state index in [4.69, 9.17) is 19.7 Å². The van der Waals surface area contributed by atoms with Crippen LogP contribution in [0.1, 0.15) is 25.0 Å². The molecule has 0 spiro atoms. The van der Waals surface area contributed by atoms with Crippen molar-refractivity contribution in [3.8, 4) is 17.2 Å². The lowest BCUT2D eigenvalue weighted by Crippen LogP contribution is -2.30. The van der Waals surface area contributed by atoms with Crippen molar-refractivity contribution < 1.29 is 23.8 Å². The summed E-state index contributed by atoms with van der Waals surface area (Å²) in [5.41, 5.74) is 8.63. The summed E-state index contributed by atoms with van der Waals surface area (Å²) in [6, 6.07) is 12.3. The molecule has 0 fully saturated rings. The second-order valence-corrected chi connectivity index (χ2v) is 7.21. The Balaban J connectivity index is 2.11. The number of carbonyl (C=O) groups is 2. The molecular weight excluding hydrogens is 410 g/mol. The predicted octanol–water partition coefficient (Wildman–Crippen LogP) is 5.24. The minimum Gasteiger partial charge on any atom is -0.497 e. The first kappa shape index (κ1) is 24.2. The highest BCUT2D eigenvalue weighted by atomic mass is 16.5. The summed E-state index contributed by atoms with van der Waals surface area (Å²) in [7, 11) is 3.07. The third-order valence-corrected chi connectivity index (χ3v) is 4.73. The lowest BCUT2D eigenvalue weighted by molar-refractivity contribution is -0.132. The Bertz CT molecular complexity index is 1070. The van der Waals surface area contributed by atoms with E-state index in [2.05, 4.69) is 10.0 Å². The van der Waals surface area contributed by atoms with Crippen molar-refractivity contribution in [2.24, 2.45) is 10.5 Å². The smallest absolute Gasteiger partial charge is 0.169 e. The second-order valence-electron chi connectivity index (χ2n) is 7.21. The Kier molecular flexibility index (Phi) is 8.63. The summed E-state index contributed by atoms with van der Waals surface area (Å²) in [5, 5.41) is 3.33. The summed E-state index contributed by atoms with van der Waals surface area (Å²) in [4.78, 5) is 28.0. The fraction of sp³-hybridized carbons (Fsp3) is 0.250. The van der Waals surface area contributed by atoms with Gasteiger partial charge in [0.25, 0.3) is 0 Å². The fourth-order valence-electron chi connectivity index (χ4n) is 2.63. The van der Waals surface area contributed by atoms with E-state index in [1.54, 1.807) is 63.4 Å². The number of benzene rings is 2. The number of allylic oxidation sites excluding steroid dienone is 2. The lowest BCUT2D eigenvalue weighted by atomic mass is 9.82. The molecule has 0 saturated carbocycles. The Labute approximate surface area is 186 Å². The molecule has 0 atom stereocenters. The average Bonchev–Trinajstić information content (AvgIpc) is 2.81. The van der Waals surface area contributed by atoms with Crippen LogP contribution in [0.15, 0.2) is 59.7 Å². The zero-order valence-electron chi connectivity index (χ0n) is 18.4. The highest BCUT2D eigenvalue weighted by molar-refractivity contribution is 6.16. The van der Waals surface area contributed by atoms with Crippen LogP contribution < -0.4 is 14.2 Å². The summed E-state index contributed by atoms with van der Waals surface area (Å²) >= 11 is 0. The molecule has 32 heavy (non-hydrogen) atoms. The van der Waals surface area contributed by atoms with Gasteiger partial charge in [0.2, 0.25) is 0 Å². The van der Waals surface area contributed by atoms with Crippen LogP contribution in [0.25, 0.3) is 22.6 Å². The van der Waals surface area contributed by atoms with Crippen molar-refractivity contribution in [2.75, 3.05) is 21.0 Å². The molecule has 0 aromatic heterocycles. The van der Waals surface area contributed by atoms with Crippen LogP contribution in [0, 0.1) is 5.41 Å². The van der Waals surface area contributed by atoms with E-state index in [1.165, 1.54) is 19.3 Å². The number of ether oxygens (including phenoxy) is 3. The van der Waals surface area contributed by atoms with Crippen molar-refractivity contribution in [3.63, 3.8) is 0 Å². The first-order chi connectivity index (χ1) is 15.3. The van der Waals surface area contributed by atoms with E-state index in [-0.39, 0.29) is 18.3 Å². The van der Waals surface area contributed by atoms with Gasteiger partial charge in [-0.05, 0) is 66.9 Å². The number of ketones is 2. The molecule has 0 N–H and O–H groups in total. The first-order valence-corrected chi connectivity index (χ1v) is 9.72. The third-order valence-electron chi connectivity index (χ3n) is 4.73. The monoisotopic (exact) mass is 435 g/mol. The molecule has 2 rings (SSSR count). The van der Waals surface area contributed by atoms with E-state index in [0.717, 1.165) is 11.3 Å². The molecule has 2 aromatic rings. The van der Waals surface area contributed by atoms with Gasteiger partial charge < -0.3 is 14.2 Å². The first-order valence-electron chi connectivity index (χ1n) is 9.72. The van der Waals surface area contributed by atoms with Crippen LogP contribution in [-0.4, -0.2) is 32.5 Å². The second kappa shape index (κ2) is 11.4. The van der Waals surface area contributed by atoms with E-state index < -0.39 is 5.41 Å². The van der Waals surface area contributed by atoms with Crippen molar-refractivity contribution >= 4 is 23.7 Å². The zero-order chi connectivity index (χ0) is 23.6. The molecule has 0 bridgehead atoms. The van der Waals surface area contributed by atoms with Gasteiger partial charge in [0.15, 0.2) is 29.8 Å². The van der Waals surface area contributed by atoms with Crippen LogP contribution >= 0.6 is 0 Å². The van der Waals surface area contributed by atoms with Gasteiger partial charge in [-0.25, -0.2) is 0 Å². The molecule has 2 aromatic carbocycles. The van der Waals surface area contributed by atoms with Crippen LogP contribution in [0.4, 0.5) is 0 Å². The predicted molar refractivity (Wildman–Crippen MR) is 122 cm³/mol. The van der Waals surface area contributed by atoms with Crippen molar-refractivity contribution in [2.45, 2.75) is 13.8 Å². The van der Waals surface area contributed by atoms with Crippen molar-refractivity contribution in [3.05, 3.63) is 76.2 Å². The third kappa shape index (κ3) is 6.48. The minimum atomic E-state index is -1.23. The largest absolute Gasteiger partial charge is 0.497 e. The summed E-state index contributed by atoms with van der Waals surface area (Å²) in [6.45, 7) is 2.98. The van der Waals surface area contributed by atoms with Crippen LogP contribution in [0.5, 0.6) is 17.2 Å². The Morgan fingerprint density at radius 3 is 2.09 bits per heavy atom. The number of nitrogens with zero attached hydrogens (tertiary/aromatic N) is 3. The number of carbonyl (C=O) groups excluding carboxylic acids is 2. The van der Waals surface area contributed by atoms with Crippen molar-refractivity contribution in [1.29, 1.82) is 0 Å². The van der Waals surface area contributed by atoms with Crippen LogP contribution in [0.3, 0.4) is 0 Å². The highest BCUT2D eigenvalue weighted by Gasteiger charge is 2.32. The summed E-state index contributed by atoms with van der Waals surface area (Å²) < 4.78 is 15.7. The summed E-state index contributed by atoms with van der Waals surface area (Å²) in [6.07, 6.45) is 6.02. The maximum absolute atomic E-state index is 12.7. The van der Waals surface area contributed by atoms with Gasteiger partial charge in [0.1, 0.15) is 5.75 Å². The highest BCUT2D eigenvalue weighted by Crippen LogP contribution is 2.29. The Morgan fingerprint density at radius 2 is 1.53 bits per heavy atom. The summed E-state index contributed by atoms with van der Waals surface area (Å²) in [5.74, 6) is 0.900. The number of hydrogen-bond acceptors (Lipinski definition) is 6. The van der Waals surface area contributed by atoms with Crippen molar-refractivity contribution in [1.82, 2.24) is 0 Å². The normalized spacial score (nSPS) is 11.2. The Hall–Kier alpha value is -4.03. The molecule has 0 saturated heterocycles. The van der Waals surface area contributed by atoms with E-state index >= 15 is 0 Å². The zero-order valence-corrected chi connectivity index (χ0v) is 18.4. The number of hydrogen-bond donors (Lipinski definition) is 0. The minimum absolute atomic E-state index is 0.193. The molecule has 166 valence electrons. The molecule has 0 aliphatic rings. The van der Waals surface area contributed by atoms with Crippen LogP contribution in [-0.2, 0) is 9.59 Å². The quantitative estimate of drug-likeness (QED) is 0.157. The van der Waals surface area contributed by atoms with E-state index in [0.29, 0.717) is 17.1 Å². The SMILES string of the molecule is COc1ccc(/C=C/C(=O)C(C)(C)C(=O)/C=C/c2ccc(OC)c(OCN=[N+]=[N-])c2)cc1. The number of methoxy groups -OCH3 is 2. The molecular formula is C24H25N3O5. The molecule has 0 heterocycles. The van der Waals surface area contributed by atoms with Gasteiger partial charge in [0, 0.05) is 4.91 Å². The number of azide groups is 1. The van der Waals surface area contributed by atoms with E-state index in [9.17, 15) is 9.59 Å². The molecule has 0 aliphatic heterocycles. The topological polar surface area (TPSA) is 111 Å². The van der Waals surface area contributed by atoms with Crippen LogP contribution in [0.2, 0.25) is 0 Å².